The molecule has 3 N–H and O–H groups in total. The molecule has 4 heteroatoms. The van der Waals surface area contributed by atoms with E-state index in [4.69, 9.17) is 5.73 Å². The molecule has 0 radical (unpaired) electrons. The molecule has 1 rings (SSSR count). The number of nitrogens with two attached hydrogens (primary N) is 1. The Morgan fingerprint density at radius 2 is 2.29 bits per heavy atom. The molecule has 0 spiro atoms. The van der Waals surface area contributed by atoms with Gasteiger partial charge >= 0.3 is 0 Å². The fraction of sp³-hybridized carbons (Fsp3) is 0.500. The van der Waals surface area contributed by atoms with Crippen LogP contribution in [0.5, 0.6) is 0 Å². The number of nitrogens with one attached hydrogen (secondary N) is 1. The topological polar surface area (TPSA) is 50.9 Å². The molecular formula is C10H17N3S. The van der Waals surface area contributed by atoms with Crippen molar-refractivity contribution in [2.45, 2.75) is 18.6 Å². The van der Waals surface area contributed by atoms with Gasteiger partial charge in [0.15, 0.2) is 0 Å². The molecule has 0 saturated carbocycles. The van der Waals surface area contributed by atoms with E-state index >= 15 is 0 Å². The first-order chi connectivity index (χ1) is 6.53. The van der Waals surface area contributed by atoms with Crippen LogP contribution in [-0.2, 0) is 0 Å². The third-order valence-corrected chi connectivity index (χ3v) is 3.28. The first-order valence-electron chi connectivity index (χ1n) is 4.54. The van der Waals surface area contributed by atoms with Crippen molar-refractivity contribution >= 4 is 23.3 Å². The van der Waals surface area contributed by atoms with Gasteiger partial charge in [-0.25, -0.2) is 4.98 Å². The Kier molecular flexibility index (Phi) is 3.63. The number of nitrogen functional groups attached to an aromatic ring is 1. The highest BCUT2D eigenvalue weighted by Crippen LogP contribution is 2.21. The first-order valence-corrected chi connectivity index (χ1v) is 5.76. The van der Waals surface area contributed by atoms with Gasteiger partial charge in [-0.2, -0.15) is 11.8 Å². The summed E-state index contributed by atoms with van der Waals surface area (Å²) in [5.41, 5.74) is 6.39. The van der Waals surface area contributed by atoms with Gasteiger partial charge in [-0.05, 0) is 26.2 Å². The van der Waals surface area contributed by atoms with Crippen LogP contribution in [0, 0.1) is 0 Å². The van der Waals surface area contributed by atoms with E-state index in [0.717, 1.165) is 18.1 Å². The second-order valence-corrected chi connectivity index (χ2v) is 5.31. The van der Waals surface area contributed by atoms with Gasteiger partial charge in [-0.15, -0.1) is 0 Å². The first kappa shape index (κ1) is 11.2. The maximum Gasteiger partial charge on any atom is 0.127 e. The van der Waals surface area contributed by atoms with E-state index in [1.165, 1.54) is 0 Å². The lowest BCUT2D eigenvalue weighted by molar-refractivity contribution is 0.750. The van der Waals surface area contributed by atoms with Gasteiger partial charge in [0.1, 0.15) is 5.82 Å². The van der Waals surface area contributed by atoms with Gasteiger partial charge in [0.25, 0.3) is 0 Å². The summed E-state index contributed by atoms with van der Waals surface area (Å²) >= 11 is 1.83. The average Bonchev–Trinajstić information content (AvgIpc) is 2.15. The molecule has 3 nitrogen and oxygen atoms in total. The molecule has 0 aliphatic rings. The van der Waals surface area contributed by atoms with Gasteiger partial charge in [0.2, 0.25) is 0 Å². The summed E-state index contributed by atoms with van der Waals surface area (Å²) in [4.78, 5) is 4.18. The Labute approximate surface area is 89.5 Å². The number of rotatable bonds is 4. The number of anilines is 2. The van der Waals surface area contributed by atoms with Crippen LogP contribution >= 0.6 is 11.8 Å². The molecule has 78 valence electrons. The van der Waals surface area contributed by atoms with E-state index in [1.54, 1.807) is 12.3 Å². The molecule has 0 bridgehead atoms. The number of nitrogens with zero attached hydrogens (tertiary/aromatic N) is 1. The highest BCUT2D eigenvalue weighted by Gasteiger charge is 2.15. The minimum Gasteiger partial charge on any atom is -0.399 e. The largest absolute Gasteiger partial charge is 0.399 e. The van der Waals surface area contributed by atoms with Crippen molar-refractivity contribution in [2.24, 2.45) is 0 Å². The van der Waals surface area contributed by atoms with Gasteiger partial charge in [-0.1, -0.05) is 0 Å². The average molecular weight is 211 g/mol. The molecule has 14 heavy (non-hydrogen) atoms. The minimum atomic E-state index is 0.215. The molecule has 1 heterocycles. The second-order valence-electron chi connectivity index (χ2n) is 3.79. The Balaban J connectivity index is 2.54. The number of thioether (sulfide) groups is 1. The van der Waals surface area contributed by atoms with Crippen LogP contribution < -0.4 is 11.1 Å². The summed E-state index contributed by atoms with van der Waals surface area (Å²) in [6.07, 6.45) is 3.82. The summed E-state index contributed by atoms with van der Waals surface area (Å²) in [5.74, 6) is 0.840. The SMILES string of the molecule is CSC(C)(C)CNc1cc(N)ccn1. The molecule has 0 aliphatic heterocycles. The van der Waals surface area contributed by atoms with Crippen molar-refractivity contribution in [1.82, 2.24) is 4.98 Å². The van der Waals surface area contributed by atoms with E-state index in [-0.39, 0.29) is 4.75 Å². The van der Waals surface area contributed by atoms with Crippen LogP contribution in [0.4, 0.5) is 11.5 Å². The molecular weight excluding hydrogens is 194 g/mol. The quantitative estimate of drug-likeness (QED) is 0.801. The van der Waals surface area contributed by atoms with Crippen molar-refractivity contribution in [1.29, 1.82) is 0 Å². The van der Waals surface area contributed by atoms with Gasteiger partial charge < -0.3 is 11.1 Å². The van der Waals surface area contributed by atoms with Gasteiger partial charge in [0, 0.05) is 29.2 Å². The maximum atomic E-state index is 5.65. The Morgan fingerprint density at radius 1 is 1.57 bits per heavy atom. The molecule has 0 unspecified atom stereocenters. The zero-order chi connectivity index (χ0) is 10.6. The fourth-order valence-corrected chi connectivity index (χ4v) is 1.14. The number of hydrogen-bond acceptors (Lipinski definition) is 4. The Morgan fingerprint density at radius 3 is 2.86 bits per heavy atom. The fourth-order valence-electron chi connectivity index (χ4n) is 0.919. The van der Waals surface area contributed by atoms with E-state index in [1.807, 2.05) is 17.8 Å². The number of pyridine rings is 1. The third-order valence-electron chi connectivity index (χ3n) is 2.03. The highest BCUT2D eigenvalue weighted by atomic mass is 32.2. The zero-order valence-corrected chi connectivity index (χ0v) is 9.69. The van der Waals surface area contributed by atoms with Crippen LogP contribution in [0.15, 0.2) is 18.3 Å². The molecule has 0 amide bonds. The molecule has 0 atom stereocenters. The van der Waals surface area contributed by atoms with Gasteiger partial charge in [-0.3, -0.25) is 0 Å². The Bertz CT molecular complexity index is 299. The predicted molar refractivity (Wildman–Crippen MR) is 64.7 cm³/mol. The lowest BCUT2D eigenvalue weighted by Gasteiger charge is -2.22. The van der Waals surface area contributed by atoms with Gasteiger partial charge in [0.05, 0.1) is 0 Å². The van der Waals surface area contributed by atoms with Crippen LogP contribution in [0.3, 0.4) is 0 Å². The van der Waals surface area contributed by atoms with Crippen molar-refractivity contribution in [3.63, 3.8) is 0 Å². The van der Waals surface area contributed by atoms with Crippen molar-refractivity contribution in [3.05, 3.63) is 18.3 Å². The predicted octanol–water partition coefficient (Wildman–Crippen LogP) is 2.22. The van der Waals surface area contributed by atoms with E-state index in [9.17, 15) is 0 Å². The standard InChI is InChI=1S/C10H17N3S/c1-10(2,14-3)7-13-9-6-8(11)4-5-12-9/h4-6H,7H2,1-3H3,(H3,11,12,13). The van der Waals surface area contributed by atoms with Crippen molar-refractivity contribution in [2.75, 3.05) is 23.9 Å². The number of aromatic nitrogens is 1. The number of hydrogen-bond donors (Lipinski definition) is 2. The van der Waals surface area contributed by atoms with E-state index in [0.29, 0.717) is 0 Å². The van der Waals surface area contributed by atoms with Crippen molar-refractivity contribution in [3.8, 4) is 0 Å². The Hall–Kier alpha value is -0.900. The molecule has 0 aliphatic carbocycles. The van der Waals surface area contributed by atoms with Crippen LogP contribution in [-0.4, -0.2) is 22.5 Å². The highest BCUT2D eigenvalue weighted by molar-refractivity contribution is 7.99. The van der Waals surface area contributed by atoms with Crippen molar-refractivity contribution < 1.29 is 0 Å². The second kappa shape index (κ2) is 4.55. The van der Waals surface area contributed by atoms with Crippen LogP contribution in [0.2, 0.25) is 0 Å². The summed E-state index contributed by atoms with van der Waals surface area (Å²) in [6.45, 7) is 5.26. The molecule has 1 aromatic rings. The minimum absolute atomic E-state index is 0.215. The summed E-state index contributed by atoms with van der Waals surface area (Å²) < 4.78 is 0.215. The normalized spacial score (nSPS) is 11.4. The monoisotopic (exact) mass is 211 g/mol. The molecule has 0 fully saturated rings. The van der Waals surface area contributed by atoms with Crippen LogP contribution in [0.25, 0.3) is 0 Å². The molecule has 0 aromatic carbocycles. The zero-order valence-electron chi connectivity index (χ0n) is 8.87. The summed E-state index contributed by atoms with van der Waals surface area (Å²) in [5, 5.41) is 3.26. The summed E-state index contributed by atoms with van der Waals surface area (Å²) in [7, 11) is 0. The maximum absolute atomic E-state index is 5.65. The lowest BCUT2D eigenvalue weighted by Crippen LogP contribution is -2.26. The molecule has 0 saturated heterocycles. The lowest BCUT2D eigenvalue weighted by atomic mass is 10.2. The smallest absolute Gasteiger partial charge is 0.127 e. The summed E-state index contributed by atoms with van der Waals surface area (Å²) in [6, 6.07) is 3.63. The van der Waals surface area contributed by atoms with Crippen LogP contribution in [0.1, 0.15) is 13.8 Å². The molecule has 1 aromatic heterocycles. The van der Waals surface area contributed by atoms with E-state index in [2.05, 4.69) is 30.4 Å². The third kappa shape index (κ3) is 3.46. The van der Waals surface area contributed by atoms with E-state index < -0.39 is 0 Å².